The van der Waals surface area contributed by atoms with E-state index in [-0.39, 0.29) is 0 Å². The van der Waals surface area contributed by atoms with E-state index in [0.717, 1.165) is 13.0 Å². The highest BCUT2D eigenvalue weighted by molar-refractivity contribution is 6.82. The fraction of sp³-hybridized carbons (Fsp3) is 0.636. The summed E-state index contributed by atoms with van der Waals surface area (Å²) in [6, 6.07) is 1.25. The quantitative estimate of drug-likeness (QED) is 0.334. The van der Waals surface area contributed by atoms with Crippen molar-refractivity contribution in [2.24, 2.45) is 0 Å². The van der Waals surface area contributed by atoms with Crippen LogP contribution in [0, 0.1) is 0 Å². The first kappa shape index (κ1) is 13.5. The lowest BCUT2D eigenvalue weighted by Crippen LogP contribution is -2.22. The van der Waals surface area contributed by atoms with Crippen molar-refractivity contribution >= 4 is 8.07 Å². The van der Waals surface area contributed by atoms with E-state index in [4.69, 9.17) is 9.47 Å². The minimum absolute atomic E-state index is 0.603. The molecule has 0 bridgehead atoms. The van der Waals surface area contributed by atoms with Crippen molar-refractivity contribution in [2.75, 3.05) is 19.8 Å². The maximum atomic E-state index is 5.39. The lowest BCUT2D eigenvalue weighted by atomic mass is 10.5. The predicted octanol–water partition coefficient (Wildman–Crippen LogP) is 2.99. The van der Waals surface area contributed by atoms with E-state index in [0.29, 0.717) is 13.2 Å². The van der Waals surface area contributed by atoms with Crippen molar-refractivity contribution in [3.8, 4) is 0 Å². The van der Waals surface area contributed by atoms with Gasteiger partial charge in [0.25, 0.3) is 0 Å². The number of hydrogen-bond acceptors (Lipinski definition) is 2. The lowest BCUT2D eigenvalue weighted by molar-refractivity contribution is 0.0854. The van der Waals surface area contributed by atoms with Crippen LogP contribution in [-0.4, -0.2) is 27.9 Å². The highest BCUT2D eigenvalue weighted by Gasteiger charge is 2.14. The summed E-state index contributed by atoms with van der Waals surface area (Å²) in [5, 5.41) is 0. The van der Waals surface area contributed by atoms with Gasteiger partial charge in [-0.1, -0.05) is 25.7 Å². The first-order valence-electron chi connectivity index (χ1n) is 5.06. The zero-order valence-electron chi connectivity index (χ0n) is 9.42. The van der Waals surface area contributed by atoms with Crippen molar-refractivity contribution in [3.05, 3.63) is 25.1 Å². The number of ether oxygens (including phenoxy) is 2. The van der Waals surface area contributed by atoms with E-state index >= 15 is 0 Å². The third-order valence-corrected chi connectivity index (χ3v) is 4.87. The minimum atomic E-state index is -1.12. The average Bonchev–Trinajstić information content (AvgIpc) is 2.16. The summed E-state index contributed by atoms with van der Waals surface area (Å²) in [7, 11) is -1.12. The van der Waals surface area contributed by atoms with Crippen molar-refractivity contribution in [3.63, 3.8) is 0 Å². The van der Waals surface area contributed by atoms with Crippen LogP contribution in [0.3, 0.4) is 0 Å². The molecule has 0 aromatic rings. The van der Waals surface area contributed by atoms with Crippen molar-refractivity contribution < 1.29 is 9.47 Å². The van der Waals surface area contributed by atoms with Crippen molar-refractivity contribution in [1.29, 1.82) is 0 Å². The monoisotopic (exact) mass is 214 g/mol. The normalized spacial score (nSPS) is 11.0. The van der Waals surface area contributed by atoms with Crippen LogP contribution in [0.15, 0.2) is 25.1 Å². The first-order chi connectivity index (χ1) is 6.62. The Kier molecular flexibility index (Phi) is 7.52. The molecule has 0 aliphatic heterocycles. The van der Waals surface area contributed by atoms with Crippen LogP contribution in [0.2, 0.25) is 19.1 Å². The highest BCUT2D eigenvalue weighted by atomic mass is 28.3. The molecule has 0 aromatic carbocycles. The molecule has 0 aliphatic rings. The second kappa shape index (κ2) is 7.82. The van der Waals surface area contributed by atoms with Gasteiger partial charge in [-0.05, 0) is 6.42 Å². The van der Waals surface area contributed by atoms with Crippen LogP contribution >= 0.6 is 0 Å². The summed E-state index contributed by atoms with van der Waals surface area (Å²) >= 11 is 0. The highest BCUT2D eigenvalue weighted by Crippen LogP contribution is 2.12. The summed E-state index contributed by atoms with van der Waals surface area (Å²) in [5.41, 5.74) is 2.13. The molecule has 0 amide bonds. The average molecular weight is 214 g/mol. The molecule has 0 N–H and O–H groups in total. The smallest absolute Gasteiger partial charge is 0.111 e. The molecule has 0 aliphatic carbocycles. The molecule has 0 radical (unpaired) electrons. The van der Waals surface area contributed by atoms with Gasteiger partial charge in [0.15, 0.2) is 0 Å². The predicted molar refractivity (Wildman–Crippen MR) is 64.1 cm³/mol. The Bertz CT molecular complexity index is 167. The van der Waals surface area contributed by atoms with Gasteiger partial charge in [-0.2, -0.15) is 0 Å². The van der Waals surface area contributed by atoms with Gasteiger partial charge in [0.05, 0.1) is 20.9 Å². The molecule has 0 fully saturated rings. The SMILES string of the molecule is C=COCCOCCC[Si](C)(C)C=C. The third-order valence-electron chi connectivity index (χ3n) is 2.13. The van der Waals surface area contributed by atoms with Gasteiger partial charge in [0.2, 0.25) is 0 Å². The number of rotatable bonds is 9. The van der Waals surface area contributed by atoms with Gasteiger partial charge in [0.1, 0.15) is 6.61 Å². The zero-order valence-corrected chi connectivity index (χ0v) is 10.4. The molecule has 0 spiro atoms. The molecule has 14 heavy (non-hydrogen) atoms. The van der Waals surface area contributed by atoms with Crippen LogP contribution in [0.4, 0.5) is 0 Å². The molecule has 3 heteroatoms. The Morgan fingerprint density at radius 1 is 1.14 bits per heavy atom. The fourth-order valence-electron chi connectivity index (χ4n) is 1.02. The summed E-state index contributed by atoms with van der Waals surface area (Å²) in [4.78, 5) is 0. The minimum Gasteiger partial charge on any atom is -0.499 e. The largest absolute Gasteiger partial charge is 0.499 e. The van der Waals surface area contributed by atoms with Gasteiger partial charge in [-0.3, -0.25) is 0 Å². The van der Waals surface area contributed by atoms with Crippen molar-refractivity contribution in [1.82, 2.24) is 0 Å². The maximum Gasteiger partial charge on any atom is 0.111 e. The molecule has 0 saturated carbocycles. The first-order valence-corrected chi connectivity index (χ1v) is 8.34. The van der Waals surface area contributed by atoms with E-state index < -0.39 is 8.07 Å². The van der Waals surface area contributed by atoms with Gasteiger partial charge < -0.3 is 9.47 Å². The number of hydrogen-bond donors (Lipinski definition) is 0. The maximum absolute atomic E-state index is 5.39. The molecule has 0 saturated heterocycles. The Hall–Kier alpha value is -0.543. The van der Waals surface area contributed by atoms with Gasteiger partial charge >= 0.3 is 0 Å². The van der Waals surface area contributed by atoms with Crippen LogP contribution in [0.25, 0.3) is 0 Å². The van der Waals surface area contributed by atoms with Crippen LogP contribution in [0.5, 0.6) is 0 Å². The standard InChI is InChI=1S/C11H22O2Si/c1-5-12-9-10-13-8-7-11-14(3,4)6-2/h5-6H,1-2,7-11H2,3-4H3. The molecule has 82 valence electrons. The zero-order chi connectivity index (χ0) is 10.9. The second-order valence-electron chi connectivity index (χ2n) is 3.95. The molecule has 0 atom stereocenters. The van der Waals surface area contributed by atoms with Crippen LogP contribution in [-0.2, 0) is 9.47 Å². The molecular weight excluding hydrogens is 192 g/mol. The molecule has 0 unspecified atom stereocenters. The Morgan fingerprint density at radius 2 is 1.86 bits per heavy atom. The third kappa shape index (κ3) is 8.07. The molecule has 0 heterocycles. The van der Waals surface area contributed by atoms with E-state index in [2.05, 4.69) is 32.0 Å². The van der Waals surface area contributed by atoms with E-state index in [1.165, 1.54) is 12.3 Å². The van der Waals surface area contributed by atoms with E-state index in [9.17, 15) is 0 Å². The van der Waals surface area contributed by atoms with Crippen LogP contribution in [0.1, 0.15) is 6.42 Å². The fourth-order valence-corrected chi connectivity index (χ4v) is 2.28. The Labute approximate surface area is 88.6 Å². The van der Waals surface area contributed by atoms with Crippen molar-refractivity contribution in [2.45, 2.75) is 25.6 Å². The summed E-state index contributed by atoms with van der Waals surface area (Å²) in [6.45, 7) is 14.0. The molecule has 2 nitrogen and oxygen atoms in total. The van der Waals surface area contributed by atoms with E-state index in [1.807, 2.05) is 0 Å². The summed E-state index contributed by atoms with van der Waals surface area (Å²) < 4.78 is 10.3. The summed E-state index contributed by atoms with van der Waals surface area (Å²) in [6.07, 6.45) is 2.57. The van der Waals surface area contributed by atoms with E-state index in [1.54, 1.807) is 0 Å². The lowest BCUT2D eigenvalue weighted by Gasteiger charge is -2.16. The van der Waals surface area contributed by atoms with Gasteiger partial charge in [-0.15, -0.1) is 12.3 Å². The van der Waals surface area contributed by atoms with Gasteiger partial charge in [-0.25, -0.2) is 0 Å². The summed E-state index contributed by atoms with van der Waals surface area (Å²) in [5.74, 6) is 0. The Balaban J connectivity index is 3.21. The molecular formula is C11H22O2Si. The Morgan fingerprint density at radius 3 is 2.43 bits per heavy atom. The topological polar surface area (TPSA) is 18.5 Å². The van der Waals surface area contributed by atoms with Gasteiger partial charge in [0, 0.05) is 6.61 Å². The molecule has 0 aromatic heterocycles. The molecule has 0 rings (SSSR count). The second-order valence-corrected chi connectivity index (χ2v) is 8.83. The van der Waals surface area contributed by atoms with Crippen LogP contribution < -0.4 is 0 Å².